The van der Waals surface area contributed by atoms with Gasteiger partial charge in [0, 0.05) is 46.0 Å². The standard InChI is InChI=1S/C27H28BrF2N2/c1-26(2)20-15-18(29)9-11-22(20)31(5)24(26)13-7-17(28)8-14-25-27(3,4)21-16-19(30)10-12-23(21)32(25)6/h7-16H,1-6H3/q+1. The molecule has 0 atom stereocenters. The smallest absolute Gasteiger partial charge is 0.209 e. The first-order chi connectivity index (χ1) is 14.9. The van der Waals surface area contributed by atoms with Crippen molar-refractivity contribution in [2.45, 2.75) is 38.5 Å². The van der Waals surface area contributed by atoms with Gasteiger partial charge in [-0.1, -0.05) is 29.8 Å². The minimum absolute atomic E-state index is 0.215. The molecule has 0 bridgehead atoms. The van der Waals surface area contributed by atoms with Crippen LogP contribution in [0.25, 0.3) is 0 Å². The minimum atomic E-state index is -0.298. The molecule has 2 nitrogen and oxygen atoms in total. The Bertz CT molecular complexity index is 1230. The molecule has 5 heteroatoms. The number of hydrogen-bond acceptors (Lipinski definition) is 1. The fraction of sp³-hybridized carbons (Fsp3) is 0.296. The number of fused-ring (bicyclic) bond motifs is 2. The second-order valence-electron chi connectivity index (χ2n) is 9.51. The molecule has 4 rings (SSSR count). The lowest BCUT2D eigenvalue weighted by molar-refractivity contribution is -0.401. The molecular weight excluding hydrogens is 470 g/mol. The van der Waals surface area contributed by atoms with Crippen LogP contribution in [-0.2, 0) is 10.8 Å². The summed E-state index contributed by atoms with van der Waals surface area (Å²) in [4.78, 5) is 2.11. The van der Waals surface area contributed by atoms with Crippen molar-refractivity contribution >= 4 is 33.0 Å². The Morgan fingerprint density at radius 1 is 0.969 bits per heavy atom. The van der Waals surface area contributed by atoms with E-state index >= 15 is 0 Å². The summed E-state index contributed by atoms with van der Waals surface area (Å²) in [5.74, 6) is -0.431. The van der Waals surface area contributed by atoms with Crippen LogP contribution in [0.1, 0.15) is 38.8 Å². The van der Waals surface area contributed by atoms with Crippen LogP contribution in [-0.4, -0.2) is 24.4 Å². The number of hydrogen-bond donors (Lipinski definition) is 0. The SMILES string of the molecule is CN1/C(=C/C=C(Br)/C=C/C2=[N+](C)c3ccc(F)cc3C2(C)C)C(C)(C)c2cc(F)ccc21. The van der Waals surface area contributed by atoms with Crippen molar-refractivity contribution in [1.29, 1.82) is 0 Å². The zero-order valence-electron chi connectivity index (χ0n) is 19.3. The van der Waals surface area contributed by atoms with E-state index in [0.29, 0.717) is 0 Å². The molecule has 0 aromatic heterocycles. The second kappa shape index (κ2) is 7.80. The van der Waals surface area contributed by atoms with Crippen LogP contribution in [0.5, 0.6) is 0 Å². The van der Waals surface area contributed by atoms with Gasteiger partial charge >= 0.3 is 0 Å². The summed E-state index contributed by atoms with van der Waals surface area (Å²) in [6, 6.07) is 9.93. The zero-order chi connectivity index (χ0) is 23.4. The highest BCUT2D eigenvalue weighted by Crippen LogP contribution is 2.47. The Labute approximate surface area is 197 Å². The van der Waals surface area contributed by atoms with Gasteiger partial charge in [0.15, 0.2) is 5.71 Å². The molecule has 0 aliphatic carbocycles. The Hall–Kier alpha value is -2.53. The average molecular weight is 498 g/mol. The largest absolute Gasteiger partial charge is 0.347 e. The number of likely N-dealkylation sites (N-methyl/N-ethyl adjacent to an activating group) is 1. The molecule has 0 fully saturated rings. The highest BCUT2D eigenvalue weighted by Gasteiger charge is 2.43. The number of benzene rings is 2. The van der Waals surface area contributed by atoms with Crippen molar-refractivity contribution in [3.05, 3.63) is 93.6 Å². The summed E-state index contributed by atoms with van der Waals surface area (Å²) in [7, 11) is 4.02. The summed E-state index contributed by atoms with van der Waals surface area (Å²) >= 11 is 3.66. The molecular formula is C27H28BrF2N2+. The molecule has 32 heavy (non-hydrogen) atoms. The Balaban J connectivity index is 1.63. The summed E-state index contributed by atoms with van der Waals surface area (Å²) in [5.41, 5.74) is 5.62. The quantitative estimate of drug-likeness (QED) is 0.323. The first kappa shape index (κ1) is 22.7. The van der Waals surface area contributed by atoms with Gasteiger partial charge in [-0.25, -0.2) is 8.78 Å². The van der Waals surface area contributed by atoms with Crippen molar-refractivity contribution in [2.75, 3.05) is 19.0 Å². The van der Waals surface area contributed by atoms with E-state index in [2.05, 4.69) is 65.3 Å². The van der Waals surface area contributed by atoms with E-state index in [0.717, 1.165) is 38.4 Å². The van der Waals surface area contributed by atoms with E-state index in [1.165, 1.54) is 12.1 Å². The van der Waals surface area contributed by atoms with Crippen LogP contribution in [0.2, 0.25) is 0 Å². The molecule has 2 aromatic carbocycles. The van der Waals surface area contributed by atoms with Gasteiger partial charge in [-0.2, -0.15) is 4.58 Å². The Morgan fingerprint density at radius 2 is 1.59 bits per heavy atom. The first-order valence-corrected chi connectivity index (χ1v) is 11.4. The fourth-order valence-corrected chi connectivity index (χ4v) is 5.25. The van der Waals surface area contributed by atoms with Crippen LogP contribution < -0.4 is 4.90 Å². The predicted molar refractivity (Wildman–Crippen MR) is 132 cm³/mol. The van der Waals surface area contributed by atoms with E-state index in [-0.39, 0.29) is 22.5 Å². The van der Waals surface area contributed by atoms with Crippen LogP contribution in [0.3, 0.4) is 0 Å². The molecule has 2 aromatic rings. The van der Waals surface area contributed by atoms with E-state index < -0.39 is 0 Å². The highest BCUT2D eigenvalue weighted by molar-refractivity contribution is 9.11. The summed E-state index contributed by atoms with van der Waals surface area (Å²) in [5, 5.41) is 0. The van der Waals surface area contributed by atoms with Gasteiger partial charge in [-0.05, 0) is 68.0 Å². The van der Waals surface area contributed by atoms with E-state index in [1.807, 2.05) is 38.4 Å². The van der Waals surface area contributed by atoms with Gasteiger partial charge in [0.1, 0.15) is 18.7 Å². The fourth-order valence-electron chi connectivity index (χ4n) is 4.99. The van der Waals surface area contributed by atoms with Crippen LogP contribution in [0.15, 0.2) is 70.9 Å². The average Bonchev–Trinajstić information content (AvgIpc) is 3.02. The van der Waals surface area contributed by atoms with Crippen molar-refractivity contribution < 1.29 is 13.4 Å². The van der Waals surface area contributed by atoms with E-state index in [9.17, 15) is 8.78 Å². The van der Waals surface area contributed by atoms with Crippen molar-refractivity contribution in [1.82, 2.24) is 0 Å². The lowest BCUT2D eigenvalue weighted by Crippen LogP contribution is -2.26. The van der Waals surface area contributed by atoms with Crippen molar-refractivity contribution in [3.8, 4) is 0 Å². The molecule has 0 amide bonds. The van der Waals surface area contributed by atoms with E-state index in [1.54, 1.807) is 12.1 Å². The van der Waals surface area contributed by atoms with Crippen LogP contribution in [0.4, 0.5) is 20.2 Å². The number of nitrogens with zero attached hydrogens (tertiary/aromatic N) is 2. The summed E-state index contributed by atoms with van der Waals surface area (Å²) in [6.45, 7) is 8.45. The molecule has 166 valence electrons. The molecule has 0 spiro atoms. The maximum absolute atomic E-state index is 13.8. The molecule has 2 heterocycles. The number of anilines is 1. The van der Waals surface area contributed by atoms with Gasteiger partial charge < -0.3 is 4.90 Å². The van der Waals surface area contributed by atoms with Gasteiger partial charge in [0.05, 0.1) is 5.41 Å². The topological polar surface area (TPSA) is 6.25 Å². The van der Waals surface area contributed by atoms with Gasteiger partial charge in [-0.3, -0.25) is 0 Å². The summed E-state index contributed by atoms with van der Waals surface area (Å²) < 4.78 is 30.7. The van der Waals surface area contributed by atoms with E-state index in [4.69, 9.17) is 0 Å². The normalized spacial score (nSPS) is 20.5. The Kier molecular flexibility index (Phi) is 5.52. The molecule has 0 unspecified atom stereocenters. The third-order valence-electron chi connectivity index (χ3n) is 6.79. The van der Waals surface area contributed by atoms with Crippen molar-refractivity contribution in [2.24, 2.45) is 0 Å². The minimum Gasteiger partial charge on any atom is -0.347 e. The molecule has 2 aliphatic rings. The molecule has 0 radical (unpaired) electrons. The number of rotatable bonds is 3. The molecule has 0 saturated heterocycles. The summed E-state index contributed by atoms with van der Waals surface area (Å²) in [6.07, 6.45) is 8.18. The third kappa shape index (κ3) is 3.57. The monoisotopic (exact) mass is 497 g/mol. The molecule has 0 N–H and O–H groups in total. The van der Waals surface area contributed by atoms with Crippen LogP contribution in [0, 0.1) is 11.6 Å². The maximum atomic E-state index is 13.8. The maximum Gasteiger partial charge on any atom is 0.209 e. The highest BCUT2D eigenvalue weighted by atomic mass is 79.9. The molecule has 0 saturated carbocycles. The van der Waals surface area contributed by atoms with Crippen LogP contribution >= 0.6 is 15.9 Å². The van der Waals surface area contributed by atoms with Gasteiger partial charge in [-0.15, -0.1) is 0 Å². The van der Waals surface area contributed by atoms with Gasteiger partial charge in [0.2, 0.25) is 5.69 Å². The predicted octanol–water partition coefficient (Wildman–Crippen LogP) is 7.12. The zero-order valence-corrected chi connectivity index (χ0v) is 20.9. The number of allylic oxidation sites excluding steroid dienone is 6. The van der Waals surface area contributed by atoms with Gasteiger partial charge in [0.25, 0.3) is 0 Å². The lowest BCUT2D eigenvalue weighted by Gasteiger charge is -2.23. The van der Waals surface area contributed by atoms with Crippen molar-refractivity contribution in [3.63, 3.8) is 0 Å². The first-order valence-electron chi connectivity index (χ1n) is 10.7. The lowest BCUT2D eigenvalue weighted by atomic mass is 9.81. The second-order valence-corrected chi connectivity index (χ2v) is 10.4. The number of halogens is 3. The Morgan fingerprint density at radius 3 is 2.28 bits per heavy atom. The third-order valence-corrected chi connectivity index (χ3v) is 7.32. The molecule has 2 aliphatic heterocycles.